The van der Waals surface area contributed by atoms with Crippen LogP contribution >= 0.6 is 11.3 Å². The van der Waals surface area contributed by atoms with Gasteiger partial charge in [-0.1, -0.05) is 0 Å². The third-order valence-electron chi connectivity index (χ3n) is 5.45. The summed E-state index contributed by atoms with van der Waals surface area (Å²) in [6.45, 7) is 7.02. The van der Waals surface area contributed by atoms with E-state index in [-0.39, 0.29) is 0 Å². The van der Waals surface area contributed by atoms with Crippen molar-refractivity contribution in [3.63, 3.8) is 0 Å². The monoisotopic (exact) mass is 545 g/mol. The summed E-state index contributed by atoms with van der Waals surface area (Å²) < 4.78 is 65.4. The Hall–Kier alpha value is -2.72. The van der Waals surface area contributed by atoms with E-state index in [0.717, 1.165) is 24.9 Å². The first-order valence-electron chi connectivity index (χ1n) is 10.6. The molecule has 0 spiro atoms. The number of alkyl halides is 6. The van der Waals surface area contributed by atoms with Crippen LogP contribution in [0.4, 0.5) is 26.3 Å². The number of thiazole rings is 1. The van der Waals surface area contributed by atoms with E-state index in [0.29, 0.717) is 0 Å². The van der Waals surface area contributed by atoms with Gasteiger partial charge in [-0.25, -0.2) is 14.6 Å². The molecule has 2 aliphatic heterocycles. The highest BCUT2D eigenvalue weighted by Crippen LogP contribution is 2.32. The van der Waals surface area contributed by atoms with Crippen molar-refractivity contribution in [1.29, 1.82) is 0 Å². The Bertz CT molecular complexity index is 958. The number of fused-ring (bicyclic) bond motifs is 1. The van der Waals surface area contributed by atoms with Crippen molar-refractivity contribution in [3.05, 3.63) is 34.5 Å². The molecule has 2 N–H and O–H groups in total. The molecule has 4 heterocycles. The average molecular weight is 546 g/mol. The molecule has 0 aliphatic carbocycles. The van der Waals surface area contributed by atoms with Gasteiger partial charge in [0, 0.05) is 56.6 Å². The molecule has 2 atom stereocenters. The van der Waals surface area contributed by atoms with Gasteiger partial charge in [0.2, 0.25) is 0 Å². The van der Waals surface area contributed by atoms with Gasteiger partial charge < -0.3 is 10.2 Å². The molecule has 2 saturated heterocycles. The zero-order chi connectivity index (χ0) is 27.1. The molecule has 0 amide bonds. The topological polar surface area (TPSA) is 112 Å². The van der Waals surface area contributed by atoms with E-state index in [1.165, 1.54) is 43.2 Å². The van der Waals surface area contributed by atoms with Crippen molar-refractivity contribution in [2.75, 3.05) is 26.2 Å². The number of aliphatic carboxylic acids is 2. The Balaban J connectivity index is 0.000000271. The third-order valence-corrected chi connectivity index (χ3v) is 6.22. The molecule has 0 saturated carbocycles. The van der Waals surface area contributed by atoms with Crippen LogP contribution in [0.25, 0.3) is 0 Å². The van der Waals surface area contributed by atoms with Gasteiger partial charge in [-0.3, -0.25) is 14.5 Å². The van der Waals surface area contributed by atoms with Crippen LogP contribution in [0.3, 0.4) is 0 Å². The summed E-state index contributed by atoms with van der Waals surface area (Å²) in [7, 11) is 1.99. The highest BCUT2D eigenvalue weighted by Gasteiger charge is 2.39. The Morgan fingerprint density at radius 2 is 1.56 bits per heavy atom. The molecule has 2 aromatic rings. The van der Waals surface area contributed by atoms with Crippen LogP contribution in [0.2, 0.25) is 0 Å². The Labute approximate surface area is 205 Å². The minimum Gasteiger partial charge on any atom is -0.475 e. The second-order valence-corrected chi connectivity index (χ2v) is 9.27. The molecule has 0 unspecified atom stereocenters. The molecule has 2 aliphatic rings. The van der Waals surface area contributed by atoms with Crippen LogP contribution in [0.5, 0.6) is 0 Å². The van der Waals surface area contributed by atoms with E-state index in [1.807, 2.05) is 24.1 Å². The number of carbonyl (C=O) groups is 2. The summed E-state index contributed by atoms with van der Waals surface area (Å²) in [5.74, 6) is -3.81. The maximum Gasteiger partial charge on any atom is 0.490 e. The number of nitrogens with zero attached hydrogens (tertiary/aromatic N) is 5. The minimum absolute atomic E-state index is 0.824. The number of piperidine rings is 1. The maximum atomic E-state index is 10.6. The zero-order valence-electron chi connectivity index (χ0n) is 19.0. The molecular weight excluding hydrogens is 520 g/mol. The summed E-state index contributed by atoms with van der Waals surface area (Å²) in [6, 6.07) is 0. The first kappa shape index (κ1) is 29.5. The second-order valence-electron chi connectivity index (χ2n) is 8.29. The lowest BCUT2D eigenvalue weighted by atomic mass is 9.88. The lowest BCUT2D eigenvalue weighted by Gasteiger charge is -2.34. The molecule has 2 aromatic heterocycles. The molecule has 0 aromatic carbocycles. The summed E-state index contributed by atoms with van der Waals surface area (Å²) in [6.07, 6.45) is -2.79. The van der Waals surface area contributed by atoms with Crippen molar-refractivity contribution in [3.8, 4) is 0 Å². The number of likely N-dealkylation sites (tertiary alicyclic amines) is 2. The number of rotatable bonds is 4. The lowest BCUT2D eigenvalue weighted by molar-refractivity contribution is -0.193. The van der Waals surface area contributed by atoms with Gasteiger partial charge in [0.25, 0.3) is 0 Å². The van der Waals surface area contributed by atoms with Gasteiger partial charge in [0.05, 0.1) is 12.7 Å². The van der Waals surface area contributed by atoms with Gasteiger partial charge in [0.15, 0.2) is 0 Å². The summed E-state index contributed by atoms with van der Waals surface area (Å²) in [5, 5.41) is 21.9. The number of halogens is 6. The zero-order valence-corrected chi connectivity index (χ0v) is 19.9. The highest BCUT2D eigenvalue weighted by molar-refractivity contribution is 7.09. The number of carboxylic acid groups (broad SMARTS) is 2. The van der Waals surface area contributed by atoms with E-state index < -0.39 is 24.3 Å². The van der Waals surface area contributed by atoms with E-state index in [2.05, 4.69) is 31.5 Å². The normalized spacial score (nSPS) is 20.5. The summed E-state index contributed by atoms with van der Waals surface area (Å²) in [5.41, 5.74) is 1.33. The smallest absolute Gasteiger partial charge is 0.475 e. The molecule has 9 nitrogen and oxygen atoms in total. The largest absolute Gasteiger partial charge is 0.490 e. The molecule has 16 heteroatoms. The minimum atomic E-state index is -5.08. The molecular formula is C20H25F6N5O4S. The van der Waals surface area contributed by atoms with E-state index in [9.17, 15) is 26.3 Å². The third kappa shape index (κ3) is 9.73. The van der Waals surface area contributed by atoms with Crippen molar-refractivity contribution >= 4 is 23.3 Å². The first-order chi connectivity index (χ1) is 16.6. The van der Waals surface area contributed by atoms with Crippen LogP contribution in [0.15, 0.2) is 24.0 Å². The van der Waals surface area contributed by atoms with Gasteiger partial charge in [-0.2, -0.15) is 31.4 Å². The average Bonchev–Trinajstić information content (AvgIpc) is 3.49. The maximum absolute atomic E-state index is 10.6. The quantitative estimate of drug-likeness (QED) is 0.564. The summed E-state index contributed by atoms with van der Waals surface area (Å²) in [4.78, 5) is 27.4. The molecule has 2 fully saturated rings. The number of aromatic nitrogens is 3. The molecule has 36 heavy (non-hydrogen) atoms. The van der Waals surface area contributed by atoms with Gasteiger partial charge in [-0.05, 0) is 24.8 Å². The number of aryl methyl sites for hydroxylation is 1. The Morgan fingerprint density at radius 3 is 2.03 bits per heavy atom. The highest BCUT2D eigenvalue weighted by atomic mass is 32.1. The van der Waals surface area contributed by atoms with Crippen LogP contribution in [-0.4, -0.2) is 85.2 Å². The predicted octanol–water partition coefficient (Wildman–Crippen LogP) is 3.10. The fourth-order valence-electron chi connectivity index (χ4n) is 3.95. The molecule has 0 radical (unpaired) electrons. The number of hydrogen-bond acceptors (Lipinski definition) is 7. The number of hydrogen-bond donors (Lipinski definition) is 2. The van der Waals surface area contributed by atoms with Crippen molar-refractivity contribution in [1.82, 2.24) is 24.6 Å². The lowest BCUT2D eigenvalue weighted by Crippen LogP contribution is -2.39. The van der Waals surface area contributed by atoms with Gasteiger partial charge >= 0.3 is 24.3 Å². The molecule has 0 bridgehead atoms. The fraction of sp³-hybridized carbons (Fsp3) is 0.600. The van der Waals surface area contributed by atoms with Gasteiger partial charge in [-0.15, -0.1) is 11.3 Å². The standard InChI is InChI=1S/C16H23N5S.2C2HF3O2/c1-19-7-13(6-18-19)8-20-4-2-14-9-21(11-15(14)10-20)12-16-17-3-5-22-16;2*3-2(4,5)1(6)7/h3,5-7,14-15H,2,4,8-12H2,1H3;2*(H,6,7)/t14-,15+;;/m1../s1. The fourth-order valence-corrected chi connectivity index (χ4v) is 4.61. The SMILES string of the molecule is Cn1cc(CN2CC[C@@H]3CN(Cc4nccs4)C[C@@H]3C2)cn1.O=C(O)C(F)(F)F.O=C(O)C(F)(F)F. The molecule has 4 rings (SSSR count). The predicted molar refractivity (Wildman–Crippen MR) is 115 cm³/mol. The molecule has 202 valence electrons. The Morgan fingerprint density at radius 1 is 1.00 bits per heavy atom. The number of carboxylic acids is 2. The van der Waals surface area contributed by atoms with Crippen molar-refractivity contribution < 1.29 is 46.1 Å². The Kier molecular flexibility index (Phi) is 10.2. The summed E-state index contributed by atoms with van der Waals surface area (Å²) >= 11 is 1.78. The van der Waals surface area contributed by atoms with Crippen LogP contribution in [-0.2, 0) is 29.7 Å². The first-order valence-corrected chi connectivity index (χ1v) is 11.4. The van der Waals surface area contributed by atoms with Crippen molar-refractivity contribution in [2.45, 2.75) is 31.9 Å². The van der Waals surface area contributed by atoms with E-state index >= 15 is 0 Å². The van der Waals surface area contributed by atoms with Gasteiger partial charge in [0.1, 0.15) is 5.01 Å². The van der Waals surface area contributed by atoms with Crippen molar-refractivity contribution in [2.24, 2.45) is 18.9 Å². The second kappa shape index (κ2) is 12.5. The van der Waals surface area contributed by atoms with Crippen LogP contribution in [0.1, 0.15) is 17.0 Å². The van der Waals surface area contributed by atoms with E-state index in [1.54, 1.807) is 11.3 Å². The van der Waals surface area contributed by atoms with Crippen LogP contribution in [0, 0.1) is 11.8 Å². The van der Waals surface area contributed by atoms with E-state index in [4.69, 9.17) is 19.8 Å². The van der Waals surface area contributed by atoms with Crippen LogP contribution < -0.4 is 0 Å².